The van der Waals surface area contributed by atoms with Crippen LogP contribution in [0.5, 0.6) is 0 Å². The molecule has 146 valence electrons. The maximum atomic E-state index is 12.5. The number of carbonyl (C=O) groups is 1. The minimum atomic E-state index is -0.00456. The van der Waals surface area contributed by atoms with Crippen LogP contribution in [0.15, 0.2) is 72.8 Å². The normalized spacial score (nSPS) is 14.4. The molecule has 1 amide bonds. The molecule has 1 saturated heterocycles. The number of amides is 1. The molecule has 0 unspecified atom stereocenters. The van der Waals surface area contributed by atoms with Gasteiger partial charge in [-0.1, -0.05) is 60.1 Å². The van der Waals surface area contributed by atoms with Crippen LogP contribution in [0.1, 0.15) is 5.56 Å². The van der Waals surface area contributed by atoms with Crippen molar-refractivity contribution < 1.29 is 4.79 Å². The van der Waals surface area contributed by atoms with Gasteiger partial charge in [-0.25, -0.2) is 0 Å². The number of anilines is 1. The van der Waals surface area contributed by atoms with Gasteiger partial charge in [0, 0.05) is 42.8 Å². The topological polar surface area (TPSA) is 49.3 Å². The molecule has 0 atom stereocenters. The van der Waals surface area contributed by atoms with Crippen LogP contribution in [0.4, 0.5) is 5.82 Å². The van der Waals surface area contributed by atoms with Crippen molar-refractivity contribution >= 4 is 29.4 Å². The summed E-state index contributed by atoms with van der Waals surface area (Å²) in [5, 5.41) is 9.37. The Morgan fingerprint density at radius 2 is 1.59 bits per heavy atom. The molecule has 4 rings (SSSR count). The van der Waals surface area contributed by atoms with Crippen LogP contribution in [0, 0.1) is 0 Å². The number of piperazine rings is 1. The Labute approximate surface area is 175 Å². The van der Waals surface area contributed by atoms with Gasteiger partial charge in [-0.15, -0.1) is 10.2 Å². The van der Waals surface area contributed by atoms with Crippen LogP contribution >= 0.6 is 11.6 Å². The maximum absolute atomic E-state index is 12.5. The molecule has 0 radical (unpaired) electrons. The Hall–Kier alpha value is -3.18. The number of carbonyl (C=O) groups excluding carboxylic acids is 1. The zero-order valence-corrected chi connectivity index (χ0v) is 16.7. The largest absolute Gasteiger partial charge is 0.352 e. The minimum absolute atomic E-state index is 0.00456. The van der Waals surface area contributed by atoms with E-state index in [2.05, 4.69) is 15.1 Å². The Morgan fingerprint density at radius 3 is 2.28 bits per heavy atom. The number of aromatic nitrogens is 2. The lowest BCUT2D eigenvalue weighted by Crippen LogP contribution is -2.48. The molecule has 6 heteroatoms. The fourth-order valence-electron chi connectivity index (χ4n) is 3.29. The molecule has 1 aromatic heterocycles. The van der Waals surface area contributed by atoms with Gasteiger partial charge in [0.05, 0.1) is 5.69 Å². The van der Waals surface area contributed by atoms with Crippen molar-refractivity contribution in [3.63, 3.8) is 0 Å². The number of rotatable bonds is 4. The number of hydrogen-bond donors (Lipinski definition) is 0. The molecular formula is C23H21ClN4O. The number of nitrogens with zero attached hydrogens (tertiary/aromatic N) is 4. The van der Waals surface area contributed by atoms with Crippen LogP contribution in [0.2, 0.25) is 5.02 Å². The Morgan fingerprint density at radius 1 is 0.862 bits per heavy atom. The van der Waals surface area contributed by atoms with Crippen molar-refractivity contribution in [2.75, 3.05) is 31.1 Å². The molecule has 29 heavy (non-hydrogen) atoms. The summed E-state index contributed by atoms with van der Waals surface area (Å²) in [4.78, 5) is 16.5. The van der Waals surface area contributed by atoms with E-state index >= 15 is 0 Å². The molecule has 0 bridgehead atoms. The zero-order valence-electron chi connectivity index (χ0n) is 15.9. The first-order chi connectivity index (χ1) is 14.2. The number of benzene rings is 2. The van der Waals surface area contributed by atoms with E-state index in [0.717, 1.165) is 35.7 Å². The first kappa shape index (κ1) is 19.2. The third-order valence-electron chi connectivity index (χ3n) is 4.95. The Balaban J connectivity index is 1.34. The first-order valence-corrected chi connectivity index (χ1v) is 9.94. The first-order valence-electron chi connectivity index (χ1n) is 9.56. The third kappa shape index (κ3) is 4.63. The van der Waals surface area contributed by atoms with Gasteiger partial charge >= 0.3 is 0 Å². The SMILES string of the molecule is O=C(/C=C/c1ccccc1Cl)N1CCN(c2ccc(-c3ccccc3)nn2)CC1. The van der Waals surface area contributed by atoms with Crippen molar-refractivity contribution in [3.8, 4) is 11.3 Å². The molecule has 1 aliphatic heterocycles. The second-order valence-corrected chi connectivity index (χ2v) is 7.22. The minimum Gasteiger partial charge on any atom is -0.352 e. The second-order valence-electron chi connectivity index (χ2n) is 6.81. The highest BCUT2D eigenvalue weighted by atomic mass is 35.5. The van der Waals surface area contributed by atoms with Gasteiger partial charge in [0.15, 0.2) is 5.82 Å². The predicted octanol–water partition coefficient (Wildman–Crippen LogP) is 4.16. The average Bonchev–Trinajstić information content (AvgIpc) is 2.79. The summed E-state index contributed by atoms with van der Waals surface area (Å²) in [5.41, 5.74) is 2.75. The quantitative estimate of drug-likeness (QED) is 0.613. The van der Waals surface area contributed by atoms with Crippen LogP contribution in [-0.2, 0) is 4.79 Å². The molecule has 1 fully saturated rings. The van der Waals surface area contributed by atoms with Crippen molar-refractivity contribution in [2.24, 2.45) is 0 Å². The van der Waals surface area contributed by atoms with Crippen molar-refractivity contribution in [1.82, 2.24) is 15.1 Å². The highest BCUT2D eigenvalue weighted by molar-refractivity contribution is 6.32. The molecule has 2 aromatic carbocycles. The van der Waals surface area contributed by atoms with E-state index in [4.69, 9.17) is 11.6 Å². The average molecular weight is 405 g/mol. The molecule has 2 heterocycles. The van der Waals surface area contributed by atoms with Gasteiger partial charge in [0.25, 0.3) is 0 Å². The lowest BCUT2D eigenvalue weighted by atomic mass is 10.1. The molecule has 0 aliphatic carbocycles. The highest BCUT2D eigenvalue weighted by Crippen LogP contribution is 2.20. The monoisotopic (exact) mass is 404 g/mol. The van der Waals surface area contributed by atoms with Crippen LogP contribution in [0.25, 0.3) is 17.3 Å². The van der Waals surface area contributed by atoms with E-state index in [-0.39, 0.29) is 5.91 Å². The summed E-state index contributed by atoms with van der Waals surface area (Å²) < 4.78 is 0. The van der Waals surface area contributed by atoms with E-state index in [1.54, 1.807) is 12.2 Å². The van der Waals surface area contributed by atoms with Gasteiger partial charge in [-0.2, -0.15) is 0 Å². The fourth-order valence-corrected chi connectivity index (χ4v) is 3.49. The maximum Gasteiger partial charge on any atom is 0.246 e. The van der Waals surface area contributed by atoms with E-state index in [9.17, 15) is 4.79 Å². The van der Waals surface area contributed by atoms with Crippen molar-refractivity contribution in [1.29, 1.82) is 0 Å². The summed E-state index contributed by atoms with van der Waals surface area (Å²) in [7, 11) is 0. The van der Waals surface area contributed by atoms with Crippen LogP contribution < -0.4 is 4.90 Å². The lowest BCUT2D eigenvalue weighted by molar-refractivity contribution is -0.126. The fraction of sp³-hybridized carbons (Fsp3) is 0.174. The van der Waals surface area contributed by atoms with E-state index < -0.39 is 0 Å². The van der Waals surface area contributed by atoms with E-state index in [0.29, 0.717) is 18.1 Å². The molecule has 0 spiro atoms. The van der Waals surface area contributed by atoms with Gasteiger partial charge in [-0.3, -0.25) is 4.79 Å². The van der Waals surface area contributed by atoms with Crippen LogP contribution in [0.3, 0.4) is 0 Å². The highest BCUT2D eigenvalue weighted by Gasteiger charge is 2.20. The smallest absolute Gasteiger partial charge is 0.246 e. The molecule has 0 saturated carbocycles. The molecule has 0 N–H and O–H groups in total. The lowest BCUT2D eigenvalue weighted by Gasteiger charge is -2.34. The predicted molar refractivity (Wildman–Crippen MR) is 117 cm³/mol. The molecule has 1 aliphatic rings. The summed E-state index contributed by atoms with van der Waals surface area (Å²) in [6.07, 6.45) is 3.36. The number of halogens is 1. The summed E-state index contributed by atoms with van der Waals surface area (Å²) in [6, 6.07) is 21.4. The standard InChI is InChI=1S/C23H21ClN4O/c24-20-9-5-4-6-18(20)10-13-23(29)28-16-14-27(15-17-28)22-12-11-21(25-26-22)19-7-2-1-3-8-19/h1-13H,14-17H2/b13-10+. The summed E-state index contributed by atoms with van der Waals surface area (Å²) in [6.45, 7) is 2.75. The molecule has 3 aromatic rings. The van der Waals surface area contributed by atoms with E-state index in [1.165, 1.54) is 0 Å². The summed E-state index contributed by atoms with van der Waals surface area (Å²) in [5.74, 6) is 0.832. The van der Waals surface area contributed by atoms with Crippen molar-refractivity contribution in [3.05, 3.63) is 83.4 Å². The Kier molecular flexibility index (Phi) is 5.86. The summed E-state index contributed by atoms with van der Waals surface area (Å²) >= 11 is 6.13. The molecular weight excluding hydrogens is 384 g/mol. The molecule has 5 nitrogen and oxygen atoms in total. The van der Waals surface area contributed by atoms with E-state index in [1.807, 2.05) is 71.6 Å². The van der Waals surface area contributed by atoms with Crippen LogP contribution in [-0.4, -0.2) is 47.2 Å². The van der Waals surface area contributed by atoms with Gasteiger partial charge < -0.3 is 9.80 Å². The third-order valence-corrected chi connectivity index (χ3v) is 5.29. The zero-order chi connectivity index (χ0) is 20.1. The Bertz CT molecular complexity index is 997. The van der Waals surface area contributed by atoms with Crippen molar-refractivity contribution in [2.45, 2.75) is 0 Å². The second kappa shape index (κ2) is 8.88. The van der Waals surface area contributed by atoms with Gasteiger partial charge in [0.2, 0.25) is 5.91 Å². The number of hydrogen-bond acceptors (Lipinski definition) is 4. The van der Waals surface area contributed by atoms with Gasteiger partial charge in [0.1, 0.15) is 0 Å². The van der Waals surface area contributed by atoms with Gasteiger partial charge in [-0.05, 0) is 29.8 Å².